The first-order valence-electron chi connectivity index (χ1n) is 1.88. The van der Waals surface area contributed by atoms with Crippen molar-refractivity contribution in [3.8, 4) is 0 Å². The molecule has 0 aromatic heterocycles. The summed E-state index contributed by atoms with van der Waals surface area (Å²) in [6, 6.07) is 0.271. The quantitative estimate of drug-likeness (QED) is 0.449. The number of hydrogen-bond donors (Lipinski definition) is 1. The molecule has 0 saturated heterocycles. The molecule has 0 bridgehead atoms. The van der Waals surface area contributed by atoms with E-state index in [1.807, 2.05) is 0 Å². The van der Waals surface area contributed by atoms with Crippen LogP contribution in [0.25, 0.3) is 0 Å². The maximum absolute atomic E-state index is 9.84. The molecule has 0 radical (unpaired) electrons. The Morgan fingerprint density at radius 3 is 1.88 bits per heavy atom. The lowest BCUT2D eigenvalue weighted by Gasteiger charge is -2.01. The van der Waals surface area contributed by atoms with E-state index in [1.54, 1.807) is 0 Å². The third-order valence-corrected chi connectivity index (χ3v) is 1.97. The molecule has 0 aliphatic rings. The number of carbonyl (C=O) groups excluding carboxylic acids is 1. The summed E-state index contributed by atoms with van der Waals surface area (Å²) in [5, 5.41) is 0. The molecule has 0 aromatic rings. The standard InChI is InChI=1S/C3H8O4P/c1-6-8(5,3-4)7-2/h3,5H,1-2H3/q+1. The Morgan fingerprint density at radius 1 is 1.50 bits per heavy atom. The van der Waals surface area contributed by atoms with E-state index in [0.29, 0.717) is 0 Å². The van der Waals surface area contributed by atoms with Crippen molar-refractivity contribution in [2.45, 2.75) is 0 Å². The molecule has 0 spiro atoms. The first-order chi connectivity index (χ1) is 3.68. The van der Waals surface area contributed by atoms with Gasteiger partial charge in [-0.3, -0.25) is 0 Å². The van der Waals surface area contributed by atoms with E-state index in [2.05, 4.69) is 9.05 Å². The van der Waals surface area contributed by atoms with Crippen molar-refractivity contribution in [3.05, 3.63) is 0 Å². The highest BCUT2D eigenvalue weighted by Gasteiger charge is 2.37. The second kappa shape index (κ2) is 3.10. The first kappa shape index (κ1) is 7.98. The van der Waals surface area contributed by atoms with E-state index in [1.165, 1.54) is 14.2 Å². The van der Waals surface area contributed by atoms with Gasteiger partial charge in [0.25, 0.3) is 0 Å². The molecular formula is C3H8O4P+. The zero-order chi connectivity index (χ0) is 6.62. The van der Waals surface area contributed by atoms with Gasteiger partial charge < -0.3 is 0 Å². The predicted octanol–water partition coefficient (Wildman–Crippen LogP) is 0.224. The lowest BCUT2D eigenvalue weighted by atomic mass is 11.8. The van der Waals surface area contributed by atoms with Gasteiger partial charge in [-0.05, 0) is 0 Å². The molecule has 0 saturated carbocycles. The number of carbonyl (C=O) groups is 1. The second-order valence-electron chi connectivity index (χ2n) is 1.03. The van der Waals surface area contributed by atoms with Gasteiger partial charge in [0.15, 0.2) is 0 Å². The molecule has 0 aromatic carbocycles. The summed E-state index contributed by atoms with van der Waals surface area (Å²) >= 11 is 0. The lowest BCUT2D eigenvalue weighted by Crippen LogP contribution is -1.96. The molecular weight excluding hydrogens is 131 g/mol. The Labute approximate surface area is 48.0 Å². The third kappa shape index (κ3) is 1.84. The van der Waals surface area contributed by atoms with Crippen molar-refractivity contribution in [1.82, 2.24) is 0 Å². The van der Waals surface area contributed by atoms with Crippen molar-refractivity contribution < 1.29 is 18.7 Å². The number of rotatable bonds is 3. The van der Waals surface area contributed by atoms with Crippen LogP contribution in [0.1, 0.15) is 0 Å². The van der Waals surface area contributed by atoms with Crippen molar-refractivity contribution in [1.29, 1.82) is 0 Å². The van der Waals surface area contributed by atoms with Crippen LogP contribution in [0.2, 0.25) is 0 Å². The first-order valence-corrected chi connectivity index (χ1v) is 3.52. The molecule has 5 heteroatoms. The van der Waals surface area contributed by atoms with Crippen LogP contribution in [0.15, 0.2) is 0 Å². The lowest BCUT2D eigenvalue weighted by molar-refractivity contribution is 0.254. The topological polar surface area (TPSA) is 55.8 Å². The van der Waals surface area contributed by atoms with Crippen LogP contribution in [0.3, 0.4) is 0 Å². The summed E-state index contributed by atoms with van der Waals surface area (Å²) in [6.07, 6.45) is 0. The fourth-order valence-corrected chi connectivity index (χ4v) is 0.482. The van der Waals surface area contributed by atoms with Crippen LogP contribution in [-0.2, 0) is 13.8 Å². The van der Waals surface area contributed by atoms with E-state index in [4.69, 9.17) is 4.89 Å². The summed E-state index contributed by atoms with van der Waals surface area (Å²) in [7, 11) is -0.665. The zero-order valence-electron chi connectivity index (χ0n) is 4.70. The monoisotopic (exact) mass is 139 g/mol. The van der Waals surface area contributed by atoms with Gasteiger partial charge in [-0.15, -0.1) is 0 Å². The van der Waals surface area contributed by atoms with Gasteiger partial charge in [0.2, 0.25) is 0 Å². The summed E-state index contributed by atoms with van der Waals surface area (Å²) in [6.45, 7) is 0. The van der Waals surface area contributed by atoms with Crippen LogP contribution < -0.4 is 0 Å². The summed E-state index contributed by atoms with van der Waals surface area (Å²) in [5.74, 6) is 0. The minimum Gasteiger partial charge on any atom is -0.247 e. The van der Waals surface area contributed by atoms with E-state index in [0.717, 1.165) is 0 Å². The SMILES string of the molecule is CO[P+](O)(C=O)OC. The van der Waals surface area contributed by atoms with Gasteiger partial charge in [0.1, 0.15) is 0 Å². The van der Waals surface area contributed by atoms with E-state index < -0.39 is 7.94 Å². The van der Waals surface area contributed by atoms with Crippen molar-refractivity contribution in [3.63, 3.8) is 0 Å². The highest BCUT2D eigenvalue weighted by Crippen LogP contribution is 2.51. The van der Waals surface area contributed by atoms with Gasteiger partial charge in [0, 0.05) is 0 Å². The van der Waals surface area contributed by atoms with E-state index in [-0.39, 0.29) is 6.03 Å². The van der Waals surface area contributed by atoms with Crippen LogP contribution in [0, 0.1) is 0 Å². The fourth-order valence-electron chi connectivity index (χ4n) is 0.161. The van der Waals surface area contributed by atoms with Crippen molar-refractivity contribution in [2.75, 3.05) is 14.2 Å². The Kier molecular flexibility index (Phi) is 3.09. The summed E-state index contributed by atoms with van der Waals surface area (Å²) in [5.41, 5.74) is 0. The zero-order valence-corrected chi connectivity index (χ0v) is 5.59. The minimum absolute atomic E-state index is 0.271. The normalized spacial score (nSPS) is 11.4. The smallest absolute Gasteiger partial charge is 0.247 e. The van der Waals surface area contributed by atoms with Gasteiger partial charge in [-0.2, -0.15) is 13.9 Å². The largest absolute Gasteiger partial charge is 0.479 e. The average molecular weight is 139 g/mol. The molecule has 0 aliphatic heterocycles. The number of hydrogen-bond acceptors (Lipinski definition) is 4. The molecule has 8 heavy (non-hydrogen) atoms. The van der Waals surface area contributed by atoms with Crippen molar-refractivity contribution >= 4 is 14.0 Å². The molecule has 0 unspecified atom stereocenters. The molecule has 0 amide bonds. The molecule has 0 atom stereocenters. The van der Waals surface area contributed by atoms with Crippen LogP contribution in [0.4, 0.5) is 0 Å². The minimum atomic E-state index is -3.09. The molecule has 0 fully saturated rings. The fraction of sp³-hybridized carbons (Fsp3) is 0.667. The van der Waals surface area contributed by atoms with Gasteiger partial charge in [-0.25, -0.2) is 4.79 Å². The van der Waals surface area contributed by atoms with Crippen LogP contribution >= 0.6 is 7.94 Å². The highest BCUT2D eigenvalue weighted by molar-refractivity contribution is 7.75. The van der Waals surface area contributed by atoms with Crippen LogP contribution in [-0.4, -0.2) is 25.1 Å². The molecule has 0 heterocycles. The molecule has 0 rings (SSSR count). The Bertz CT molecular complexity index is 79.4. The van der Waals surface area contributed by atoms with Gasteiger partial charge in [0.05, 0.1) is 14.2 Å². The second-order valence-corrected chi connectivity index (χ2v) is 3.10. The van der Waals surface area contributed by atoms with Gasteiger partial charge >= 0.3 is 14.0 Å². The Morgan fingerprint density at radius 2 is 1.88 bits per heavy atom. The van der Waals surface area contributed by atoms with E-state index in [9.17, 15) is 4.79 Å². The Hall–Kier alpha value is -0.0200. The molecule has 0 aliphatic carbocycles. The summed E-state index contributed by atoms with van der Waals surface area (Å²) < 4.78 is 8.62. The van der Waals surface area contributed by atoms with E-state index >= 15 is 0 Å². The molecule has 48 valence electrons. The predicted molar refractivity (Wildman–Crippen MR) is 29.9 cm³/mol. The van der Waals surface area contributed by atoms with Crippen molar-refractivity contribution in [2.24, 2.45) is 0 Å². The Balaban J connectivity index is 3.76. The van der Waals surface area contributed by atoms with Gasteiger partial charge in [-0.1, -0.05) is 0 Å². The summed E-state index contributed by atoms with van der Waals surface area (Å²) in [4.78, 5) is 18.6. The molecule has 1 N–H and O–H groups in total. The molecule has 4 nitrogen and oxygen atoms in total. The average Bonchev–Trinajstić information content (AvgIpc) is 1.87. The maximum Gasteiger partial charge on any atom is 0.479 e. The van der Waals surface area contributed by atoms with Crippen LogP contribution in [0.5, 0.6) is 0 Å². The maximum atomic E-state index is 9.84. The third-order valence-electron chi connectivity index (χ3n) is 0.656. The highest BCUT2D eigenvalue weighted by atomic mass is 31.2.